The van der Waals surface area contributed by atoms with Crippen LogP contribution in [-0.4, -0.2) is 21.6 Å². The molecule has 2 N–H and O–H groups in total. The Kier molecular flexibility index (Phi) is 5.58. The van der Waals surface area contributed by atoms with E-state index in [0.717, 1.165) is 5.56 Å². The third-order valence-corrected chi connectivity index (χ3v) is 5.65. The van der Waals surface area contributed by atoms with Gasteiger partial charge in [-0.2, -0.15) is 5.10 Å². The Morgan fingerprint density at radius 3 is 2.37 bits per heavy atom. The minimum Gasteiger partial charge on any atom is -0.451 e. The van der Waals surface area contributed by atoms with Crippen LogP contribution in [0.2, 0.25) is 0 Å². The molecular weight excluding hydrogens is 451 g/mol. The maximum atomic E-state index is 13.6. The summed E-state index contributed by atoms with van der Waals surface area (Å²) in [5.41, 5.74) is 5.90. The minimum atomic E-state index is -0.714. The molecule has 0 saturated carbocycles. The molecule has 9 heteroatoms. The summed E-state index contributed by atoms with van der Waals surface area (Å²) in [4.78, 5) is 38.7. The lowest BCUT2D eigenvalue weighted by molar-refractivity contribution is 0.0829. The first kappa shape index (κ1) is 22.0. The predicted molar refractivity (Wildman–Crippen MR) is 127 cm³/mol. The van der Waals surface area contributed by atoms with E-state index in [2.05, 4.69) is 16.0 Å². The monoisotopic (exact) mass is 470 g/mol. The Labute approximate surface area is 198 Å². The number of hydrogen-bond acceptors (Lipinski definition) is 5. The first-order valence-corrected chi connectivity index (χ1v) is 10.8. The van der Waals surface area contributed by atoms with E-state index in [9.17, 15) is 18.8 Å². The van der Waals surface area contributed by atoms with Gasteiger partial charge in [0.05, 0.1) is 11.9 Å². The average Bonchev–Trinajstić information content (AvgIpc) is 3.20. The standard InChI is InChI=1S/C26H19FN4O4/c1-15-20-13-17(27)11-12-21(20)35-23(15)25(33)29-28-24(32)22-18-9-5-6-10-19(18)26(34)31(30-22)14-16-7-3-2-4-8-16/h2-13H,14H2,1H3,(H,28,32)(H,29,33). The van der Waals surface area contributed by atoms with Crippen molar-refractivity contribution in [3.8, 4) is 0 Å². The first-order chi connectivity index (χ1) is 16.9. The number of nitrogens with one attached hydrogen (secondary N) is 2. The first-order valence-electron chi connectivity index (χ1n) is 10.8. The van der Waals surface area contributed by atoms with Crippen LogP contribution in [-0.2, 0) is 6.54 Å². The summed E-state index contributed by atoms with van der Waals surface area (Å²) in [6, 6.07) is 19.8. The summed E-state index contributed by atoms with van der Waals surface area (Å²) >= 11 is 0. The molecule has 3 aromatic carbocycles. The fraction of sp³-hybridized carbons (Fsp3) is 0.0769. The number of furan rings is 1. The van der Waals surface area contributed by atoms with E-state index in [-0.39, 0.29) is 23.6 Å². The van der Waals surface area contributed by atoms with Crippen molar-refractivity contribution in [3.63, 3.8) is 0 Å². The normalized spacial score (nSPS) is 11.0. The van der Waals surface area contributed by atoms with Crippen LogP contribution in [0.25, 0.3) is 21.7 Å². The summed E-state index contributed by atoms with van der Waals surface area (Å²) < 4.78 is 20.3. The summed E-state index contributed by atoms with van der Waals surface area (Å²) in [5, 5.41) is 5.42. The van der Waals surface area contributed by atoms with Gasteiger partial charge in [0.15, 0.2) is 11.5 Å². The summed E-state index contributed by atoms with van der Waals surface area (Å²) in [6.45, 7) is 1.79. The van der Waals surface area contributed by atoms with Gasteiger partial charge in [0.25, 0.3) is 11.5 Å². The van der Waals surface area contributed by atoms with Crippen molar-refractivity contribution in [1.82, 2.24) is 20.6 Å². The van der Waals surface area contributed by atoms with Crippen LogP contribution in [0.3, 0.4) is 0 Å². The number of aryl methyl sites for hydroxylation is 1. The van der Waals surface area contributed by atoms with Crippen LogP contribution in [0.5, 0.6) is 0 Å². The van der Waals surface area contributed by atoms with Gasteiger partial charge in [0.1, 0.15) is 11.4 Å². The largest absolute Gasteiger partial charge is 0.451 e. The van der Waals surface area contributed by atoms with Gasteiger partial charge in [0.2, 0.25) is 0 Å². The molecule has 2 aromatic heterocycles. The molecule has 35 heavy (non-hydrogen) atoms. The van der Waals surface area contributed by atoms with Gasteiger partial charge >= 0.3 is 5.91 Å². The second-order valence-corrected chi connectivity index (χ2v) is 7.95. The number of hydrogen-bond donors (Lipinski definition) is 2. The molecule has 2 heterocycles. The number of halogens is 1. The zero-order valence-electron chi connectivity index (χ0n) is 18.5. The Balaban J connectivity index is 1.44. The van der Waals surface area contributed by atoms with Crippen LogP contribution in [0, 0.1) is 12.7 Å². The molecule has 0 saturated heterocycles. The number of benzene rings is 3. The van der Waals surface area contributed by atoms with Crippen molar-refractivity contribution in [2.24, 2.45) is 0 Å². The molecule has 8 nitrogen and oxygen atoms in total. The Morgan fingerprint density at radius 1 is 0.914 bits per heavy atom. The second-order valence-electron chi connectivity index (χ2n) is 7.95. The number of aromatic nitrogens is 2. The number of carbonyl (C=O) groups is 2. The third kappa shape index (κ3) is 4.15. The van der Waals surface area contributed by atoms with E-state index in [1.165, 1.54) is 22.9 Å². The van der Waals surface area contributed by atoms with Gasteiger partial charge in [0, 0.05) is 16.3 Å². The van der Waals surface area contributed by atoms with Crippen LogP contribution in [0.15, 0.2) is 82.0 Å². The molecule has 0 unspecified atom stereocenters. The predicted octanol–water partition coefficient (Wildman–Crippen LogP) is 3.71. The van der Waals surface area contributed by atoms with Gasteiger partial charge in [-0.3, -0.25) is 25.2 Å². The van der Waals surface area contributed by atoms with Gasteiger partial charge in [-0.1, -0.05) is 48.5 Å². The molecule has 0 aliphatic heterocycles. The third-order valence-electron chi connectivity index (χ3n) is 5.65. The highest BCUT2D eigenvalue weighted by atomic mass is 19.1. The minimum absolute atomic E-state index is 0.0279. The Hall–Kier alpha value is -4.79. The maximum absolute atomic E-state index is 13.6. The molecule has 0 aliphatic carbocycles. The highest BCUT2D eigenvalue weighted by Crippen LogP contribution is 2.25. The lowest BCUT2D eigenvalue weighted by atomic mass is 10.1. The molecule has 5 aromatic rings. The Bertz CT molecular complexity index is 1660. The lowest BCUT2D eigenvalue weighted by Crippen LogP contribution is -2.43. The molecule has 0 fully saturated rings. The molecule has 0 spiro atoms. The van der Waals surface area contributed by atoms with Crippen molar-refractivity contribution >= 4 is 33.6 Å². The molecule has 0 aliphatic rings. The fourth-order valence-corrected chi connectivity index (χ4v) is 3.91. The van der Waals surface area contributed by atoms with E-state index in [1.807, 2.05) is 30.3 Å². The van der Waals surface area contributed by atoms with Crippen LogP contribution < -0.4 is 16.4 Å². The average molecular weight is 470 g/mol. The van der Waals surface area contributed by atoms with E-state index >= 15 is 0 Å². The fourth-order valence-electron chi connectivity index (χ4n) is 3.91. The molecule has 0 radical (unpaired) electrons. The number of nitrogens with zero attached hydrogens (tertiary/aromatic N) is 2. The number of rotatable bonds is 4. The highest BCUT2D eigenvalue weighted by Gasteiger charge is 2.21. The van der Waals surface area contributed by atoms with Crippen LogP contribution in [0.1, 0.15) is 32.2 Å². The number of fused-ring (bicyclic) bond motifs is 2. The smallest absolute Gasteiger partial charge is 0.305 e. The molecule has 0 atom stereocenters. The molecule has 174 valence electrons. The van der Waals surface area contributed by atoms with E-state index < -0.39 is 17.6 Å². The maximum Gasteiger partial charge on any atom is 0.305 e. The number of amides is 2. The summed E-state index contributed by atoms with van der Waals surface area (Å²) in [6.07, 6.45) is 0. The number of hydrazine groups is 1. The van der Waals surface area contributed by atoms with Crippen LogP contribution in [0.4, 0.5) is 4.39 Å². The van der Waals surface area contributed by atoms with Gasteiger partial charge in [-0.05, 0) is 36.8 Å². The van der Waals surface area contributed by atoms with Crippen molar-refractivity contribution in [2.75, 3.05) is 0 Å². The van der Waals surface area contributed by atoms with Crippen molar-refractivity contribution in [3.05, 3.63) is 112 Å². The van der Waals surface area contributed by atoms with Gasteiger partial charge < -0.3 is 4.42 Å². The molecule has 0 bridgehead atoms. The SMILES string of the molecule is Cc1c(C(=O)NNC(=O)c2nn(Cc3ccccc3)c(=O)c3ccccc23)oc2ccc(F)cc12. The van der Waals surface area contributed by atoms with Crippen molar-refractivity contribution in [2.45, 2.75) is 13.5 Å². The summed E-state index contributed by atoms with van der Waals surface area (Å²) in [5.74, 6) is -1.94. The van der Waals surface area contributed by atoms with E-state index in [4.69, 9.17) is 4.42 Å². The number of carbonyl (C=O) groups excluding carboxylic acids is 2. The topological polar surface area (TPSA) is 106 Å². The van der Waals surface area contributed by atoms with E-state index in [0.29, 0.717) is 27.3 Å². The Morgan fingerprint density at radius 2 is 1.60 bits per heavy atom. The lowest BCUT2D eigenvalue weighted by Gasteiger charge is -2.12. The molecule has 2 amide bonds. The summed E-state index contributed by atoms with van der Waals surface area (Å²) in [7, 11) is 0. The van der Waals surface area contributed by atoms with Gasteiger partial charge in [-0.15, -0.1) is 0 Å². The zero-order valence-corrected chi connectivity index (χ0v) is 18.5. The van der Waals surface area contributed by atoms with E-state index in [1.54, 1.807) is 31.2 Å². The highest BCUT2D eigenvalue weighted by molar-refractivity contribution is 6.06. The van der Waals surface area contributed by atoms with Crippen molar-refractivity contribution < 1.29 is 18.4 Å². The molecular formula is C26H19FN4O4. The van der Waals surface area contributed by atoms with Crippen molar-refractivity contribution in [1.29, 1.82) is 0 Å². The zero-order chi connectivity index (χ0) is 24.5. The quantitative estimate of drug-likeness (QED) is 0.390. The molecule has 5 rings (SSSR count). The second kappa shape index (κ2) is 8.86. The van der Waals surface area contributed by atoms with Crippen LogP contribution >= 0.6 is 0 Å². The van der Waals surface area contributed by atoms with Gasteiger partial charge in [-0.25, -0.2) is 9.07 Å².